The predicted molar refractivity (Wildman–Crippen MR) is 243 cm³/mol. The zero-order chi connectivity index (χ0) is 42.5. The molecule has 0 bridgehead atoms. The molecule has 342 valence electrons. The molecule has 0 saturated heterocycles. The molecule has 0 aromatic heterocycles. The van der Waals surface area contributed by atoms with Gasteiger partial charge in [0.1, 0.15) is 6.61 Å². The van der Waals surface area contributed by atoms with Gasteiger partial charge in [-0.3, -0.25) is 18.6 Å². The number of phosphoric ester groups is 1. The van der Waals surface area contributed by atoms with Crippen LogP contribution in [0.15, 0.2) is 24.3 Å². The average Bonchev–Trinajstić information content (AvgIpc) is 3.21. The number of carbonyl (C=O) groups excluding carboxylic acids is 2. The molecule has 0 spiro atoms. The summed E-state index contributed by atoms with van der Waals surface area (Å²) in [6.45, 7) is 3.75. The van der Waals surface area contributed by atoms with Gasteiger partial charge in [-0.15, -0.1) is 0 Å². The van der Waals surface area contributed by atoms with E-state index in [1.165, 1.54) is 161 Å². The lowest BCUT2D eigenvalue weighted by molar-refractivity contribution is -0.161. The van der Waals surface area contributed by atoms with E-state index in [1.54, 1.807) is 0 Å². The van der Waals surface area contributed by atoms with Crippen molar-refractivity contribution < 1.29 is 37.6 Å². The van der Waals surface area contributed by atoms with E-state index < -0.39 is 26.5 Å². The fourth-order valence-corrected chi connectivity index (χ4v) is 7.73. The van der Waals surface area contributed by atoms with E-state index in [-0.39, 0.29) is 38.6 Å². The number of esters is 2. The van der Waals surface area contributed by atoms with Crippen LogP contribution in [0.25, 0.3) is 0 Å². The maximum absolute atomic E-state index is 12.6. The van der Waals surface area contributed by atoms with Gasteiger partial charge in [0, 0.05) is 19.4 Å². The summed E-state index contributed by atoms with van der Waals surface area (Å²) in [7, 11) is -4.38. The number of hydrogen-bond acceptors (Lipinski definition) is 8. The Morgan fingerprint density at radius 2 is 0.897 bits per heavy atom. The first-order valence-corrected chi connectivity index (χ1v) is 25.8. The molecule has 0 fully saturated rings. The molecule has 0 aliphatic heterocycles. The van der Waals surface area contributed by atoms with Gasteiger partial charge < -0.3 is 20.1 Å². The zero-order valence-corrected chi connectivity index (χ0v) is 38.7. The Hall–Kier alpha value is -1.51. The highest BCUT2D eigenvalue weighted by Gasteiger charge is 2.26. The van der Waals surface area contributed by atoms with Gasteiger partial charge in [-0.2, -0.15) is 0 Å². The normalized spacial score (nSPS) is 13.4. The summed E-state index contributed by atoms with van der Waals surface area (Å²) in [5.74, 6) is -0.820. The van der Waals surface area contributed by atoms with Crippen molar-refractivity contribution in [3.8, 4) is 0 Å². The molecule has 2 atom stereocenters. The van der Waals surface area contributed by atoms with Crippen molar-refractivity contribution in [1.29, 1.82) is 0 Å². The number of rotatable bonds is 46. The van der Waals surface area contributed by atoms with Crippen molar-refractivity contribution in [3.05, 3.63) is 24.3 Å². The zero-order valence-electron chi connectivity index (χ0n) is 37.8. The summed E-state index contributed by atoms with van der Waals surface area (Å²) < 4.78 is 32.9. The molecule has 10 heteroatoms. The quantitative estimate of drug-likeness (QED) is 0.0266. The molecule has 0 aromatic rings. The second kappa shape index (κ2) is 45.0. The SMILES string of the molecule is CCCCCCC/C=C\C/C=C\CCCCCCCCCCCCCC(=O)OC(COC(=O)CCCCCCCCCCCCCCCC)COP(=O)(O)OCCN. The summed E-state index contributed by atoms with van der Waals surface area (Å²) in [4.78, 5) is 35.0. The van der Waals surface area contributed by atoms with Crippen LogP contribution in [0.2, 0.25) is 0 Å². The molecular weight excluding hydrogens is 750 g/mol. The lowest BCUT2D eigenvalue weighted by atomic mass is 10.0. The first-order valence-electron chi connectivity index (χ1n) is 24.3. The number of phosphoric acid groups is 1. The van der Waals surface area contributed by atoms with Crippen LogP contribution in [-0.2, 0) is 32.7 Å². The van der Waals surface area contributed by atoms with Crippen molar-refractivity contribution >= 4 is 19.8 Å². The number of nitrogens with two attached hydrogens (primary N) is 1. The molecule has 9 nitrogen and oxygen atoms in total. The van der Waals surface area contributed by atoms with Crippen LogP contribution >= 0.6 is 7.82 Å². The molecule has 0 amide bonds. The van der Waals surface area contributed by atoms with E-state index in [4.69, 9.17) is 24.3 Å². The van der Waals surface area contributed by atoms with E-state index in [9.17, 15) is 19.0 Å². The number of unbranched alkanes of at least 4 members (excludes halogenated alkanes) is 29. The molecule has 0 radical (unpaired) electrons. The number of hydrogen-bond donors (Lipinski definition) is 2. The minimum absolute atomic E-state index is 0.0551. The largest absolute Gasteiger partial charge is 0.472 e. The number of allylic oxidation sites excluding steroid dienone is 4. The maximum Gasteiger partial charge on any atom is 0.472 e. The Morgan fingerprint density at radius 1 is 0.517 bits per heavy atom. The van der Waals surface area contributed by atoms with Crippen molar-refractivity contribution in [3.63, 3.8) is 0 Å². The third-order valence-corrected chi connectivity index (χ3v) is 11.6. The molecule has 2 unspecified atom stereocenters. The standard InChI is InChI=1S/C48H92NO8P/c1-3-5-7-9-11-13-15-17-19-20-21-22-23-24-25-26-27-29-31-33-35-37-39-41-48(51)57-46(45-56-58(52,53)55-43-42-49)44-54-47(50)40-38-36-34-32-30-28-18-16-14-12-10-8-6-4-2/h15,17,20-21,46H,3-14,16,18-19,22-45,49H2,1-2H3,(H,52,53)/b17-15-,21-20-. The Balaban J connectivity index is 4.03. The highest BCUT2D eigenvalue weighted by molar-refractivity contribution is 7.47. The predicted octanol–water partition coefficient (Wildman–Crippen LogP) is 14.3. The van der Waals surface area contributed by atoms with Gasteiger partial charge in [-0.25, -0.2) is 4.57 Å². The summed E-state index contributed by atoms with van der Waals surface area (Å²) in [5, 5.41) is 0. The third-order valence-electron chi connectivity index (χ3n) is 10.6. The fraction of sp³-hybridized carbons (Fsp3) is 0.875. The summed E-state index contributed by atoms with van der Waals surface area (Å²) in [6.07, 6.45) is 49.2. The van der Waals surface area contributed by atoms with E-state index in [1.807, 2.05) is 0 Å². The molecule has 0 aliphatic rings. The Labute approximate surface area is 357 Å². The van der Waals surface area contributed by atoms with Crippen LogP contribution in [-0.4, -0.2) is 49.3 Å². The van der Waals surface area contributed by atoms with Gasteiger partial charge in [0.15, 0.2) is 6.10 Å². The van der Waals surface area contributed by atoms with Gasteiger partial charge in [0.25, 0.3) is 0 Å². The smallest absolute Gasteiger partial charge is 0.462 e. The van der Waals surface area contributed by atoms with Crippen molar-refractivity contribution in [2.75, 3.05) is 26.4 Å². The molecule has 0 rings (SSSR count). The minimum Gasteiger partial charge on any atom is -0.462 e. The fourth-order valence-electron chi connectivity index (χ4n) is 6.96. The molecule has 0 heterocycles. The Bertz CT molecular complexity index is 1010. The lowest BCUT2D eigenvalue weighted by Crippen LogP contribution is -2.29. The molecule has 3 N–H and O–H groups in total. The van der Waals surface area contributed by atoms with Crippen molar-refractivity contribution in [1.82, 2.24) is 0 Å². The van der Waals surface area contributed by atoms with Crippen molar-refractivity contribution in [2.24, 2.45) is 5.73 Å². The van der Waals surface area contributed by atoms with E-state index in [0.717, 1.165) is 44.9 Å². The second-order valence-electron chi connectivity index (χ2n) is 16.3. The van der Waals surface area contributed by atoms with E-state index in [0.29, 0.717) is 6.42 Å². The van der Waals surface area contributed by atoms with Gasteiger partial charge in [0.05, 0.1) is 13.2 Å². The summed E-state index contributed by atoms with van der Waals surface area (Å²) in [6, 6.07) is 0. The highest BCUT2D eigenvalue weighted by atomic mass is 31.2. The summed E-state index contributed by atoms with van der Waals surface area (Å²) >= 11 is 0. The van der Waals surface area contributed by atoms with Crippen molar-refractivity contribution in [2.45, 2.75) is 245 Å². The van der Waals surface area contributed by atoms with Gasteiger partial charge in [0.2, 0.25) is 0 Å². The van der Waals surface area contributed by atoms with Crippen LogP contribution in [0.5, 0.6) is 0 Å². The molecule has 0 saturated carbocycles. The topological polar surface area (TPSA) is 134 Å². The van der Waals surface area contributed by atoms with E-state index >= 15 is 0 Å². The number of ether oxygens (including phenoxy) is 2. The Morgan fingerprint density at radius 3 is 1.31 bits per heavy atom. The van der Waals surface area contributed by atoms with Crippen LogP contribution < -0.4 is 5.73 Å². The van der Waals surface area contributed by atoms with Crippen LogP contribution in [0.1, 0.15) is 239 Å². The monoisotopic (exact) mass is 842 g/mol. The number of carbonyl (C=O) groups is 2. The molecule has 58 heavy (non-hydrogen) atoms. The third kappa shape index (κ3) is 44.1. The lowest BCUT2D eigenvalue weighted by Gasteiger charge is -2.19. The molecular formula is C48H92NO8P. The Kier molecular flexibility index (Phi) is 43.9. The van der Waals surface area contributed by atoms with Gasteiger partial charge in [-0.1, -0.05) is 205 Å². The second-order valence-corrected chi connectivity index (χ2v) is 17.8. The average molecular weight is 842 g/mol. The molecule has 0 aliphatic carbocycles. The summed E-state index contributed by atoms with van der Waals surface area (Å²) in [5.41, 5.74) is 5.36. The first-order chi connectivity index (χ1) is 28.3. The van der Waals surface area contributed by atoms with E-state index in [2.05, 4.69) is 38.2 Å². The van der Waals surface area contributed by atoms with Gasteiger partial charge in [-0.05, 0) is 44.9 Å². The first kappa shape index (κ1) is 56.5. The van der Waals surface area contributed by atoms with Crippen LogP contribution in [0.3, 0.4) is 0 Å². The highest BCUT2D eigenvalue weighted by Crippen LogP contribution is 2.43. The molecule has 0 aromatic carbocycles. The van der Waals surface area contributed by atoms with Crippen LogP contribution in [0, 0.1) is 0 Å². The minimum atomic E-state index is -4.38. The van der Waals surface area contributed by atoms with Crippen LogP contribution in [0.4, 0.5) is 0 Å². The van der Waals surface area contributed by atoms with Gasteiger partial charge >= 0.3 is 19.8 Å². The maximum atomic E-state index is 12.6.